The Kier molecular flexibility index (Phi) is 6.81. The van der Waals surface area contributed by atoms with E-state index < -0.39 is 21.7 Å². The van der Waals surface area contributed by atoms with Crippen LogP contribution in [0.4, 0.5) is 22.4 Å². The number of hydrogen-bond acceptors (Lipinski definition) is 10. The van der Waals surface area contributed by atoms with Gasteiger partial charge in [0.1, 0.15) is 28.4 Å². The van der Waals surface area contributed by atoms with Crippen LogP contribution in [0.15, 0.2) is 51.4 Å². The van der Waals surface area contributed by atoms with Gasteiger partial charge in [-0.25, -0.2) is 28.1 Å². The third-order valence-electron chi connectivity index (χ3n) is 5.82. The Morgan fingerprint density at radius 1 is 1.26 bits per heavy atom. The number of nitrogens with zero attached hydrogens (tertiary/aromatic N) is 6. The molecular formula is C25H26ClN7O5S. The normalized spacial score (nSPS) is 15.1. The molecule has 0 saturated heterocycles. The quantitative estimate of drug-likeness (QED) is 0.469. The number of carbonyl (C=O) groups excluding carboxylic acids is 1. The maximum atomic E-state index is 12.7. The molecule has 2 aliphatic heterocycles. The van der Waals surface area contributed by atoms with Gasteiger partial charge in [0.2, 0.25) is 5.95 Å². The van der Waals surface area contributed by atoms with E-state index in [-0.39, 0.29) is 21.7 Å². The number of aliphatic imine (C=N–C) groups is 1. The van der Waals surface area contributed by atoms with E-state index in [1.54, 1.807) is 40.1 Å². The number of pyridine rings is 1. The maximum Gasteiger partial charge on any atom is 0.416 e. The number of carbonyl (C=O) groups is 1. The average molecular weight is 572 g/mol. The van der Waals surface area contributed by atoms with Crippen molar-refractivity contribution < 1.29 is 22.4 Å². The van der Waals surface area contributed by atoms with Crippen molar-refractivity contribution in [2.45, 2.75) is 37.7 Å². The Balaban J connectivity index is 1.53. The molecule has 0 bridgehead atoms. The predicted octanol–water partition coefficient (Wildman–Crippen LogP) is 4.45. The minimum absolute atomic E-state index is 0.0318. The van der Waals surface area contributed by atoms with Gasteiger partial charge in [0.05, 0.1) is 11.3 Å². The first-order chi connectivity index (χ1) is 18.4. The number of fused-ring (bicyclic) bond motifs is 3. The lowest BCUT2D eigenvalue weighted by atomic mass is 9.97. The summed E-state index contributed by atoms with van der Waals surface area (Å²) in [5, 5.41) is 0.106. The smallest absolute Gasteiger partial charge is 0.416 e. The molecule has 14 heteroatoms. The average Bonchev–Trinajstić information content (AvgIpc) is 3.44. The van der Waals surface area contributed by atoms with Crippen molar-refractivity contribution in [3.8, 4) is 0 Å². The molecular weight excluding hydrogens is 546 g/mol. The van der Waals surface area contributed by atoms with Crippen LogP contribution in [0, 0.1) is 0 Å². The fraction of sp³-hybridized carbons (Fsp3) is 0.320. The van der Waals surface area contributed by atoms with E-state index in [4.69, 9.17) is 25.7 Å². The number of anilines is 3. The number of amidine groups is 1. The number of ether oxygens (including phenoxy) is 1. The van der Waals surface area contributed by atoms with Crippen LogP contribution in [-0.4, -0.2) is 61.0 Å². The van der Waals surface area contributed by atoms with E-state index in [2.05, 4.69) is 19.7 Å². The second-order valence-electron chi connectivity index (χ2n) is 9.84. The van der Waals surface area contributed by atoms with E-state index in [1.165, 1.54) is 23.4 Å². The Hall–Kier alpha value is -3.97. The second kappa shape index (κ2) is 9.97. The van der Waals surface area contributed by atoms with Crippen molar-refractivity contribution in [3.05, 3.63) is 53.2 Å². The predicted molar refractivity (Wildman–Crippen MR) is 148 cm³/mol. The largest absolute Gasteiger partial charge is 0.471 e. The zero-order valence-corrected chi connectivity index (χ0v) is 23.2. The Morgan fingerprint density at radius 3 is 2.77 bits per heavy atom. The molecule has 39 heavy (non-hydrogen) atoms. The molecule has 0 fully saturated rings. The number of aromatic nitrogens is 3. The Morgan fingerprint density at radius 2 is 2.05 bits per heavy atom. The Bertz CT molecular complexity index is 1600. The SMILES string of the molecule is CN(C(=O)OC(C)(C)C)c1ncc2c(n1)N1CCCN=C1C(c1ccnc(NS(=O)(=O)c3ccoc3)c1Cl)=C2. The molecule has 204 valence electrons. The van der Waals surface area contributed by atoms with E-state index in [9.17, 15) is 13.2 Å². The minimum Gasteiger partial charge on any atom is -0.471 e. The fourth-order valence-corrected chi connectivity index (χ4v) is 5.30. The summed E-state index contributed by atoms with van der Waals surface area (Å²) in [6.07, 6.45) is 7.51. The van der Waals surface area contributed by atoms with Crippen LogP contribution in [-0.2, 0) is 14.8 Å². The van der Waals surface area contributed by atoms with Crippen molar-refractivity contribution in [1.82, 2.24) is 15.0 Å². The van der Waals surface area contributed by atoms with Crippen LogP contribution in [0.25, 0.3) is 11.6 Å². The van der Waals surface area contributed by atoms with Crippen LogP contribution in [0.5, 0.6) is 0 Å². The van der Waals surface area contributed by atoms with E-state index in [1.807, 2.05) is 11.0 Å². The zero-order chi connectivity index (χ0) is 27.9. The van der Waals surface area contributed by atoms with Gasteiger partial charge in [0, 0.05) is 49.2 Å². The summed E-state index contributed by atoms with van der Waals surface area (Å²) in [4.78, 5) is 33.6. The Labute approximate surface area is 230 Å². The highest BCUT2D eigenvalue weighted by Crippen LogP contribution is 2.39. The summed E-state index contributed by atoms with van der Waals surface area (Å²) in [6.45, 7) is 6.57. The van der Waals surface area contributed by atoms with Gasteiger partial charge in [0.15, 0.2) is 5.82 Å². The van der Waals surface area contributed by atoms with Gasteiger partial charge in [-0.1, -0.05) is 11.6 Å². The van der Waals surface area contributed by atoms with Gasteiger partial charge in [-0.05, 0) is 45.4 Å². The van der Waals surface area contributed by atoms with Crippen LogP contribution >= 0.6 is 11.6 Å². The molecule has 5 heterocycles. The molecule has 0 radical (unpaired) electrons. The van der Waals surface area contributed by atoms with Gasteiger partial charge in [0.25, 0.3) is 10.0 Å². The lowest BCUT2D eigenvalue weighted by molar-refractivity contribution is 0.0587. The van der Waals surface area contributed by atoms with Gasteiger partial charge in [-0.2, -0.15) is 4.98 Å². The van der Waals surface area contributed by atoms with Crippen LogP contribution in [0.3, 0.4) is 0 Å². The molecule has 3 aromatic rings. The summed E-state index contributed by atoms with van der Waals surface area (Å²) in [5.74, 6) is 1.36. The van der Waals surface area contributed by atoms with Gasteiger partial charge >= 0.3 is 6.09 Å². The third-order valence-corrected chi connectivity index (χ3v) is 7.52. The molecule has 2 aliphatic rings. The van der Waals surface area contributed by atoms with E-state index in [0.29, 0.717) is 41.4 Å². The van der Waals surface area contributed by atoms with Crippen molar-refractivity contribution in [2.75, 3.05) is 34.7 Å². The molecule has 0 spiro atoms. The van der Waals surface area contributed by atoms with Crippen LogP contribution in [0.2, 0.25) is 5.02 Å². The molecule has 0 unspecified atom stereocenters. The summed E-state index contributed by atoms with van der Waals surface area (Å²) in [6, 6.07) is 3.01. The number of hydrogen-bond donors (Lipinski definition) is 1. The number of amides is 1. The van der Waals surface area contributed by atoms with E-state index in [0.717, 1.165) is 12.7 Å². The molecule has 0 atom stereocenters. The zero-order valence-electron chi connectivity index (χ0n) is 21.7. The first kappa shape index (κ1) is 26.6. The number of furan rings is 1. The first-order valence-electron chi connectivity index (χ1n) is 12.0. The molecule has 3 aromatic heterocycles. The highest BCUT2D eigenvalue weighted by molar-refractivity contribution is 7.92. The molecule has 0 aromatic carbocycles. The topological polar surface area (TPSA) is 143 Å². The number of halogens is 1. The molecule has 1 amide bonds. The second-order valence-corrected chi connectivity index (χ2v) is 11.9. The van der Waals surface area contributed by atoms with Gasteiger partial charge in [-0.15, -0.1) is 0 Å². The van der Waals surface area contributed by atoms with Crippen LogP contribution < -0.4 is 14.5 Å². The van der Waals surface area contributed by atoms with Crippen molar-refractivity contribution in [1.29, 1.82) is 0 Å². The highest BCUT2D eigenvalue weighted by Gasteiger charge is 2.32. The summed E-state index contributed by atoms with van der Waals surface area (Å²) in [7, 11) is -2.41. The van der Waals surface area contributed by atoms with Crippen molar-refractivity contribution in [2.24, 2.45) is 4.99 Å². The van der Waals surface area contributed by atoms with E-state index >= 15 is 0 Å². The number of rotatable bonds is 5. The van der Waals surface area contributed by atoms with Gasteiger partial charge < -0.3 is 14.1 Å². The molecule has 0 saturated carbocycles. The molecule has 1 N–H and O–H groups in total. The van der Waals surface area contributed by atoms with Crippen LogP contribution in [0.1, 0.15) is 38.3 Å². The number of nitrogens with one attached hydrogen (secondary N) is 1. The lowest BCUT2D eigenvalue weighted by Gasteiger charge is -2.34. The highest BCUT2D eigenvalue weighted by atomic mass is 35.5. The van der Waals surface area contributed by atoms with Crippen molar-refractivity contribution >= 4 is 62.8 Å². The third kappa shape index (κ3) is 5.32. The molecule has 0 aliphatic carbocycles. The summed E-state index contributed by atoms with van der Waals surface area (Å²) >= 11 is 6.71. The first-order valence-corrected chi connectivity index (χ1v) is 13.9. The van der Waals surface area contributed by atoms with Crippen molar-refractivity contribution in [3.63, 3.8) is 0 Å². The minimum atomic E-state index is -3.96. The summed E-state index contributed by atoms with van der Waals surface area (Å²) in [5.41, 5.74) is 1.21. The molecule has 12 nitrogen and oxygen atoms in total. The fourth-order valence-electron chi connectivity index (χ4n) is 4.04. The standard InChI is InChI=1S/C25H26ClN7O5S/c1-25(2,3)38-24(34)32(4)23-29-13-15-12-18(22-28-8-5-10-33(22)21(15)30-23)17-6-9-27-20(19(17)26)31-39(35,36)16-7-11-37-14-16/h6-7,9,11-14H,5,8,10H2,1-4H3,(H,27,31). The molecule has 5 rings (SSSR count). The number of sulfonamides is 1. The summed E-state index contributed by atoms with van der Waals surface area (Å²) < 4.78 is 38.2. The maximum absolute atomic E-state index is 12.7. The lowest BCUT2D eigenvalue weighted by Crippen LogP contribution is -2.40. The monoisotopic (exact) mass is 571 g/mol. The van der Waals surface area contributed by atoms with Gasteiger partial charge in [-0.3, -0.25) is 9.71 Å².